The molecule has 2 heteroatoms. The van der Waals surface area contributed by atoms with Crippen molar-refractivity contribution in [2.75, 3.05) is 25.0 Å². The van der Waals surface area contributed by atoms with E-state index in [1.165, 1.54) is 55.6 Å². The van der Waals surface area contributed by atoms with Crippen LogP contribution >= 0.6 is 0 Å². The summed E-state index contributed by atoms with van der Waals surface area (Å²) in [5, 5.41) is 3.22. The van der Waals surface area contributed by atoms with Crippen molar-refractivity contribution in [3.63, 3.8) is 0 Å². The molecule has 1 heterocycles. The van der Waals surface area contributed by atoms with E-state index < -0.39 is 0 Å². The molecule has 1 N–H and O–H groups in total. The first-order chi connectivity index (χ1) is 9.24. The van der Waals surface area contributed by atoms with Crippen molar-refractivity contribution in [1.29, 1.82) is 0 Å². The van der Waals surface area contributed by atoms with Crippen LogP contribution < -0.4 is 10.2 Å². The Morgan fingerprint density at radius 3 is 2.58 bits per heavy atom. The molecule has 1 aromatic carbocycles. The lowest BCUT2D eigenvalue weighted by Crippen LogP contribution is -2.34. The quantitative estimate of drug-likeness (QED) is 0.868. The van der Waals surface area contributed by atoms with Crippen LogP contribution in [0.2, 0.25) is 0 Å². The Kier molecular flexibility index (Phi) is 5.26. The van der Waals surface area contributed by atoms with Gasteiger partial charge in [0, 0.05) is 25.3 Å². The zero-order chi connectivity index (χ0) is 13.7. The Labute approximate surface area is 118 Å². The average molecular weight is 260 g/mol. The molecule has 0 radical (unpaired) electrons. The third-order valence-electron chi connectivity index (χ3n) is 4.29. The number of rotatable bonds is 5. The van der Waals surface area contributed by atoms with Crippen molar-refractivity contribution in [3.05, 3.63) is 29.3 Å². The molecule has 1 aliphatic rings. The second-order valence-corrected chi connectivity index (χ2v) is 5.87. The minimum absolute atomic E-state index is 0.958. The summed E-state index contributed by atoms with van der Waals surface area (Å²) < 4.78 is 0. The minimum atomic E-state index is 0.958. The van der Waals surface area contributed by atoms with Crippen LogP contribution in [0.25, 0.3) is 0 Å². The Hall–Kier alpha value is -1.02. The molecule has 19 heavy (non-hydrogen) atoms. The molecule has 0 spiro atoms. The van der Waals surface area contributed by atoms with Gasteiger partial charge in [0.25, 0.3) is 0 Å². The SMILES string of the molecule is CCCC1CCN(c2ccc(CNC)cc2C)CC1. The van der Waals surface area contributed by atoms with Crippen LogP contribution in [0.5, 0.6) is 0 Å². The van der Waals surface area contributed by atoms with Crippen molar-refractivity contribution in [3.8, 4) is 0 Å². The molecular formula is C17H28N2. The van der Waals surface area contributed by atoms with E-state index in [0.29, 0.717) is 0 Å². The predicted molar refractivity (Wildman–Crippen MR) is 83.8 cm³/mol. The van der Waals surface area contributed by atoms with E-state index in [2.05, 4.69) is 42.3 Å². The van der Waals surface area contributed by atoms with Crippen molar-refractivity contribution in [1.82, 2.24) is 5.32 Å². The van der Waals surface area contributed by atoms with Gasteiger partial charge in [-0.15, -0.1) is 0 Å². The standard InChI is InChI=1S/C17H28N2/c1-4-5-15-8-10-19(11-9-15)17-7-6-16(13-18-3)12-14(17)2/h6-7,12,15,18H,4-5,8-11,13H2,1-3H3. The van der Waals surface area contributed by atoms with E-state index in [-0.39, 0.29) is 0 Å². The second kappa shape index (κ2) is 6.95. The highest BCUT2D eigenvalue weighted by Gasteiger charge is 2.19. The smallest absolute Gasteiger partial charge is 0.0396 e. The van der Waals surface area contributed by atoms with Crippen molar-refractivity contribution < 1.29 is 0 Å². The zero-order valence-corrected chi connectivity index (χ0v) is 12.7. The first-order valence-electron chi connectivity index (χ1n) is 7.73. The van der Waals surface area contributed by atoms with Gasteiger partial charge in [-0.1, -0.05) is 31.9 Å². The Bertz CT molecular complexity index is 392. The molecule has 0 bridgehead atoms. The van der Waals surface area contributed by atoms with Crippen molar-refractivity contribution >= 4 is 5.69 Å². The van der Waals surface area contributed by atoms with E-state index in [0.717, 1.165) is 12.5 Å². The van der Waals surface area contributed by atoms with E-state index in [9.17, 15) is 0 Å². The lowest BCUT2D eigenvalue weighted by Gasteiger charge is -2.34. The number of hydrogen-bond acceptors (Lipinski definition) is 2. The van der Waals surface area contributed by atoms with Gasteiger partial charge in [0.1, 0.15) is 0 Å². The van der Waals surface area contributed by atoms with Gasteiger partial charge in [0.15, 0.2) is 0 Å². The first kappa shape index (κ1) is 14.4. The molecular weight excluding hydrogens is 232 g/mol. The average Bonchev–Trinajstić information content (AvgIpc) is 2.41. The van der Waals surface area contributed by atoms with Crippen LogP contribution in [-0.4, -0.2) is 20.1 Å². The molecule has 0 amide bonds. The topological polar surface area (TPSA) is 15.3 Å². The third-order valence-corrected chi connectivity index (χ3v) is 4.29. The summed E-state index contributed by atoms with van der Waals surface area (Å²) in [6.45, 7) is 7.97. The summed E-state index contributed by atoms with van der Waals surface area (Å²) in [5.74, 6) is 0.963. The van der Waals surface area contributed by atoms with Crippen LogP contribution in [0.15, 0.2) is 18.2 Å². The van der Waals surface area contributed by atoms with Crippen LogP contribution in [0, 0.1) is 12.8 Å². The maximum absolute atomic E-state index is 3.22. The predicted octanol–water partition coefficient (Wildman–Crippen LogP) is 3.73. The minimum Gasteiger partial charge on any atom is -0.371 e. The van der Waals surface area contributed by atoms with Gasteiger partial charge < -0.3 is 10.2 Å². The number of nitrogens with zero attached hydrogens (tertiary/aromatic N) is 1. The molecule has 1 aliphatic heterocycles. The second-order valence-electron chi connectivity index (χ2n) is 5.87. The summed E-state index contributed by atoms with van der Waals surface area (Å²) in [6.07, 6.45) is 5.48. The van der Waals surface area contributed by atoms with E-state index in [4.69, 9.17) is 0 Å². The normalized spacial score (nSPS) is 16.9. The maximum Gasteiger partial charge on any atom is 0.0396 e. The van der Waals surface area contributed by atoms with E-state index in [1.54, 1.807) is 0 Å². The Balaban J connectivity index is 1.99. The number of aryl methyl sites for hydroxylation is 1. The van der Waals surface area contributed by atoms with Gasteiger partial charge in [-0.2, -0.15) is 0 Å². The monoisotopic (exact) mass is 260 g/mol. The van der Waals surface area contributed by atoms with Gasteiger partial charge in [-0.25, -0.2) is 0 Å². The molecule has 1 saturated heterocycles. The molecule has 1 aromatic rings. The highest BCUT2D eigenvalue weighted by Crippen LogP contribution is 2.28. The Morgan fingerprint density at radius 1 is 1.26 bits per heavy atom. The lowest BCUT2D eigenvalue weighted by atomic mass is 9.92. The van der Waals surface area contributed by atoms with Crippen LogP contribution in [-0.2, 0) is 6.54 Å². The molecule has 0 saturated carbocycles. The maximum atomic E-state index is 3.22. The molecule has 2 rings (SSSR count). The van der Waals surface area contributed by atoms with Gasteiger partial charge in [-0.05, 0) is 49.9 Å². The van der Waals surface area contributed by atoms with Crippen molar-refractivity contribution in [2.24, 2.45) is 5.92 Å². The van der Waals surface area contributed by atoms with Crippen LogP contribution in [0.3, 0.4) is 0 Å². The summed E-state index contributed by atoms with van der Waals surface area (Å²) in [5.41, 5.74) is 4.24. The number of hydrogen-bond donors (Lipinski definition) is 1. The molecule has 1 fully saturated rings. The summed E-state index contributed by atoms with van der Waals surface area (Å²) in [7, 11) is 2.00. The van der Waals surface area contributed by atoms with E-state index in [1.807, 2.05) is 7.05 Å². The summed E-state index contributed by atoms with van der Waals surface area (Å²) in [4.78, 5) is 2.57. The molecule has 0 unspecified atom stereocenters. The summed E-state index contributed by atoms with van der Waals surface area (Å²) >= 11 is 0. The highest BCUT2D eigenvalue weighted by molar-refractivity contribution is 5.54. The highest BCUT2D eigenvalue weighted by atomic mass is 15.1. The van der Waals surface area contributed by atoms with Gasteiger partial charge in [0.05, 0.1) is 0 Å². The lowest BCUT2D eigenvalue weighted by molar-refractivity contribution is 0.378. The Morgan fingerprint density at radius 2 is 2.00 bits per heavy atom. The van der Waals surface area contributed by atoms with Gasteiger partial charge >= 0.3 is 0 Å². The summed E-state index contributed by atoms with van der Waals surface area (Å²) in [6, 6.07) is 6.89. The molecule has 106 valence electrons. The number of piperidine rings is 1. The largest absolute Gasteiger partial charge is 0.371 e. The number of anilines is 1. The van der Waals surface area contributed by atoms with Crippen LogP contribution in [0.1, 0.15) is 43.7 Å². The molecule has 0 atom stereocenters. The van der Waals surface area contributed by atoms with Crippen LogP contribution in [0.4, 0.5) is 5.69 Å². The van der Waals surface area contributed by atoms with Crippen molar-refractivity contribution in [2.45, 2.75) is 46.1 Å². The fourth-order valence-corrected chi connectivity index (χ4v) is 3.26. The van der Waals surface area contributed by atoms with Gasteiger partial charge in [0.2, 0.25) is 0 Å². The fraction of sp³-hybridized carbons (Fsp3) is 0.647. The molecule has 2 nitrogen and oxygen atoms in total. The molecule has 0 aromatic heterocycles. The third kappa shape index (κ3) is 3.73. The van der Waals surface area contributed by atoms with Gasteiger partial charge in [-0.3, -0.25) is 0 Å². The number of nitrogens with one attached hydrogen (secondary N) is 1. The first-order valence-corrected chi connectivity index (χ1v) is 7.73. The zero-order valence-electron chi connectivity index (χ0n) is 12.7. The number of benzene rings is 1. The fourth-order valence-electron chi connectivity index (χ4n) is 3.26. The molecule has 0 aliphatic carbocycles. The van der Waals surface area contributed by atoms with E-state index >= 15 is 0 Å².